The Kier molecular flexibility index (Phi) is 7.03. The summed E-state index contributed by atoms with van der Waals surface area (Å²) in [6.07, 6.45) is 4.70. The van der Waals surface area contributed by atoms with Crippen molar-refractivity contribution < 1.29 is 9.53 Å². The van der Waals surface area contributed by atoms with Crippen LogP contribution in [0.1, 0.15) is 36.5 Å². The Labute approximate surface area is 171 Å². The number of nitrogens with one attached hydrogen (secondary N) is 1. The minimum Gasteiger partial charge on any atom is -0.496 e. The van der Waals surface area contributed by atoms with Gasteiger partial charge in [-0.05, 0) is 30.7 Å². The zero-order chi connectivity index (χ0) is 20.6. The molecule has 0 fully saturated rings. The van der Waals surface area contributed by atoms with Crippen molar-refractivity contribution in [2.24, 2.45) is 5.73 Å². The molecular formula is C23H28N4O2. The number of nitrogens with zero attached hydrogens (tertiary/aromatic N) is 2. The van der Waals surface area contributed by atoms with Gasteiger partial charge in [-0.2, -0.15) is 5.10 Å². The number of unbranched alkanes of at least 4 members (excludes halogenated alkanes) is 1. The van der Waals surface area contributed by atoms with E-state index >= 15 is 0 Å². The highest BCUT2D eigenvalue weighted by atomic mass is 16.5. The summed E-state index contributed by atoms with van der Waals surface area (Å²) < 4.78 is 7.23. The zero-order valence-corrected chi connectivity index (χ0v) is 17.0. The predicted octanol–water partition coefficient (Wildman–Crippen LogP) is 3.80. The van der Waals surface area contributed by atoms with Crippen LogP contribution in [0, 0.1) is 0 Å². The monoisotopic (exact) mass is 392 g/mol. The van der Waals surface area contributed by atoms with Crippen molar-refractivity contribution in [2.75, 3.05) is 13.7 Å². The van der Waals surface area contributed by atoms with Crippen LogP contribution in [-0.2, 0) is 0 Å². The first-order valence-corrected chi connectivity index (χ1v) is 9.97. The fraction of sp³-hybridized carbons (Fsp3) is 0.304. The number of para-hydroxylation sites is 2. The molecule has 3 rings (SSSR count). The molecule has 1 unspecified atom stereocenters. The third kappa shape index (κ3) is 4.84. The fourth-order valence-corrected chi connectivity index (χ4v) is 3.25. The molecule has 152 valence electrons. The van der Waals surface area contributed by atoms with Crippen molar-refractivity contribution in [1.82, 2.24) is 15.1 Å². The van der Waals surface area contributed by atoms with Gasteiger partial charge in [0.15, 0.2) is 0 Å². The summed E-state index contributed by atoms with van der Waals surface area (Å²) in [5, 5.41) is 7.79. The number of carbonyl (C=O) groups excluding carboxylic acids is 1. The Balaban J connectivity index is 2.02. The Morgan fingerprint density at radius 2 is 1.90 bits per heavy atom. The number of hydrogen-bond acceptors (Lipinski definition) is 4. The number of carbonyl (C=O) groups is 1. The van der Waals surface area contributed by atoms with Gasteiger partial charge in [0.25, 0.3) is 5.91 Å². The first kappa shape index (κ1) is 20.6. The molecule has 0 spiro atoms. The maximum Gasteiger partial charge on any atom is 0.255 e. The molecule has 6 nitrogen and oxygen atoms in total. The van der Waals surface area contributed by atoms with Gasteiger partial charge < -0.3 is 15.8 Å². The second kappa shape index (κ2) is 9.89. The number of benzene rings is 2. The molecule has 0 saturated heterocycles. The van der Waals surface area contributed by atoms with E-state index in [9.17, 15) is 4.79 Å². The van der Waals surface area contributed by atoms with Gasteiger partial charge in [-0.25, -0.2) is 4.68 Å². The molecule has 2 aromatic carbocycles. The molecule has 29 heavy (non-hydrogen) atoms. The first-order valence-electron chi connectivity index (χ1n) is 9.97. The van der Waals surface area contributed by atoms with Crippen LogP contribution < -0.4 is 15.8 Å². The Bertz CT molecular complexity index is 937. The number of methoxy groups -OCH3 is 1. The van der Waals surface area contributed by atoms with Gasteiger partial charge in [-0.1, -0.05) is 50.1 Å². The molecule has 1 heterocycles. The second-order valence-corrected chi connectivity index (χ2v) is 6.92. The molecule has 6 heteroatoms. The lowest BCUT2D eigenvalue weighted by molar-refractivity contribution is 0.0936. The molecule has 0 aliphatic heterocycles. The molecule has 1 aromatic heterocycles. The van der Waals surface area contributed by atoms with Crippen molar-refractivity contribution in [2.45, 2.75) is 32.2 Å². The van der Waals surface area contributed by atoms with Crippen LogP contribution in [-0.4, -0.2) is 35.4 Å². The van der Waals surface area contributed by atoms with Crippen LogP contribution in [0.25, 0.3) is 16.9 Å². The largest absolute Gasteiger partial charge is 0.496 e. The molecule has 0 aliphatic rings. The third-order valence-corrected chi connectivity index (χ3v) is 4.87. The molecule has 0 saturated carbocycles. The minimum absolute atomic E-state index is 0.0620. The van der Waals surface area contributed by atoms with Crippen molar-refractivity contribution in [1.29, 1.82) is 0 Å². The molecule has 0 bridgehead atoms. The van der Waals surface area contributed by atoms with Crippen LogP contribution in [0.15, 0.2) is 60.8 Å². The predicted molar refractivity (Wildman–Crippen MR) is 115 cm³/mol. The lowest BCUT2D eigenvalue weighted by Crippen LogP contribution is -2.40. The number of ether oxygens (including phenoxy) is 1. The molecule has 3 aromatic rings. The van der Waals surface area contributed by atoms with Gasteiger partial charge in [-0.3, -0.25) is 4.79 Å². The van der Waals surface area contributed by atoms with Gasteiger partial charge in [-0.15, -0.1) is 0 Å². The zero-order valence-electron chi connectivity index (χ0n) is 17.0. The quantitative estimate of drug-likeness (QED) is 0.580. The van der Waals surface area contributed by atoms with E-state index in [1.807, 2.05) is 54.6 Å². The van der Waals surface area contributed by atoms with Crippen LogP contribution in [0.5, 0.6) is 5.75 Å². The summed E-state index contributed by atoms with van der Waals surface area (Å²) in [7, 11) is 1.61. The van der Waals surface area contributed by atoms with Gasteiger partial charge in [0, 0.05) is 24.3 Å². The molecule has 0 aliphatic carbocycles. The van der Waals surface area contributed by atoms with E-state index in [1.54, 1.807) is 18.0 Å². The third-order valence-electron chi connectivity index (χ3n) is 4.87. The number of hydrogen-bond donors (Lipinski definition) is 2. The lowest BCUT2D eigenvalue weighted by atomic mass is 10.1. The van der Waals surface area contributed by atoms with E-state index in [0.717, 1.165) is 30.5 Å². The topological polar surface area (TPSA) is 82.2 Å². The summed E-state index contributed by atoms with van der Waals surface area (Å²) in [4.78, 5) is 13.2. The number of amides is 1. The maximum atomic E-state index is 13.2. The highest BCUT2D eigenvalue weighted by Gasteiger charge is 2.22. The van der Waals surface area contributed by atoms with E-state index in [-0.39, 0.29) is 11.9 Å². The van der Waals surface area contributed by atoms with Crippen LogP contribution in [0.2, 0.25) is 0 Å². The van der Waals surface area contributed by atoms with E-state index in [4.69, 9.17) is 15.6 Å². The standard InChI is InChI=1S/C23H28N4O2/c1-3-4-10-17(15-24)25-23(28)20-16-27(18-11-6-5-7-12-18)26-22(20)19-13-8-9-14-21(19)29-2/h5-9,11-14,16-17H,3-4,10,15,24H2,1-2H3,(H,25,28). The molecule has 1 amide bonds. The van der Waals surface area contributed by atoms with E-state index in [2.05, 4.69) is 12.2 Å². The summed E-state index contributed by atoms with van der Waals surface area (Å²) in [6.45, 7) is 2.53. The maximum absolute atomic E-state index is 13.2. The van der Waals surface area contributed by atoms with Gasteiger partial charge >= 0.3 is 0 Å². The SMILES string of the molecule is CCCCC(CN)NC(=O)c1cn(-c2ccccc2)nc1-c1ccccc1OC. The fourth-order valence-electron chi connectivity index (χ4n) is 3.25. The van der Waals surface area contributed by atoms with Crippen molar-refractivity contribution in [3.8, 4) is 22.7 Å². The van der Waals surface area contributed by atoms with E-state index in [0.29, 0.717) is 23.6 Å². The summed E-state index contributed by atoms with van der Waals surface area (Å²) in [5.41, 5.74) is 8.60. The lowest BCUT2D eigenvalue weighted by Gasteiger charge is -2.16. The van der Waals surface area contributed by atoms with Crippen molar-refractivity contribution >= 4 is 5.91 Å². The molecule has 0 radical (unpaired) electrons. The molecule has 3 N–H and O–H groups in total. The summed E-state index contributed by atoms with van der Waals surface area (Å²) in [6, 6.07) is 17.2. The summed E-state index contributed by atoms with van der Waals surface area (Å²) in [5.74, 6) is 0.487. The van der Waals surface area contributed by atoms with E-state index in [1.165, 1.54) is 0 Å². The number of rotatable bonds is 9. The highest BCUT2D eigenvalue weighted by molar-refractivity contribution is 6.00. The Morgan fingerprint density at radius 3 is 2.59 bits per heavy atom. The first-order chi connectivity index (χ1) is 14.2. The second-order valence-electron chi connectivity index (χ2n) is 6.92. The van der Waals surface area contributed by atoms with Crippen LogP contribution in [0.4, 0.5) is 0 Å². The van der Waals surface area contributed by atoms with Gasteiger partial charge in [0.1, 0.15) is 11.4 Å². The number of nitrogens with two attached hydrogens (primary N) is 1. The summed E-state index contributed by atoms with van der Waals surface area (Å²) >= 11 is 0. The smallest absolute Gasteiger partial charge is 0.255 e. The normalized spacial score (nSPS) is 11.8. The van der Waals surface area contributed by atoms with E-state index < -0.39 is 0 Å². The van der Waals surface area contributed by atoms with Crippen LogP contribution >= 0.6 is 0 Å². The van der Waals surface area contributed by atoms with Gasteiger partial charge in [0.05, 0.1) is 18.4 Å². The minimum atomic E-state index is -0.181. The van der Waals surface area contributed by atoms with Crippen molar-refractivity contribution in [3.05, 3.63) is 66.4 Å². The van der Waals surface area contributed by atoms with Gasteiger partial charge in [0.2, 0.25) is 0 Å². The number of aromatic nitrogens is 2. The molecular weight excluding hydrogens is 364 g/mol. The highest BCUT2D eigenvalue weighted by Crippen LogP contribution is 2.31. The average Bonchev–Trinajstić information content (AvgIpc) is 3.22. The molecule has 1 atom stereocenters. The Morgan fingerprint density at radius 1 is 1.17 bits per heavy atom. The average molecular weight is 393 g/mol. The van der Waals surface area contributed by atoms with Crippen molar-refractivity contribution in [3.63, 3.8) is 0 Å². The Hall–Kier alpha value is -3.12. The van der Waals surface area contributed by atoms with Crippen LogP contribution in [0.3, 0.4) is 0 Å².